The Morgan fingerprint density at radius 1 is 1.21 bits per heavy atom. The fraction of sp³-hybridized carbons (Fsp3) is 0.143. The molecule has 14 heavy (non-hydrogen) atoms. The lowest BCUT2D eigenvalue weighted by Crippen LogP contribution is -2.19. The summed E-state index contributed by atoms with van der Waals surface area (Å²) in [5.74, 6) is -0.208. The molecule has 78 valence electrons. The average molecular weight is 276 g/mol. The van der Waals surface area contributed by atoms with Crippen molar-refractivity contribution in [1.82, 2.24) is 0 Å². The van der Waals surface area contributed by atoms with E-state index in [0.717, 1.165) is 6.07 Å². The number of sulfone groups is 1. The van der Waals surface area contributed by atoms with Crippen molar-refractivity contribution in [2.75, 3.05) is 0 Å². The van der Waals surface area contributed by atoms with E-state index in [1.807, 2.05) is 0 Å². The van der Waals surface area contributed by atoms with Gasteiger partial charge < -0.3 is 5.11 Å². The molecule has 0 saturated carbocycles. The summed E-state index contributed by atoms with van der Waals surface area (Å²) in [6.07, 6.45) is 0. The molecule has 0 fully saturated rings. The standard InChI is InChI=1S/C7H5Cl3O3S/c8-7(9,10)14(12,13)6-3-1-2-5(11)4-6/h1-4,11H. The van der Waals surface area contributed by atoms with Gasteiger partial charge in [-0.25, -0.2) is 8.42 Å². The molecule has 1 N–H and O–H groups in total. The zero-order chi connectivity index (χ0) is 11.0. The van der Waals surface area contributed by atoms with E-state index in [4.69, 9.17) is 39.9 Å². The van der Waals surface area contributed by atoms with Crippen molar-refractivity contribution >= 4 is 44.6 Å². The van der Waals surface area contributed by atoms with Crippen LogP contribution in [-0.2, 0) is 9.84 Å². The maximum atomic E-state index is 11.5. The summed E-state index contributed by atoms with van der Waals surface area (Å²) < 4.78 is 20.6. The predicted octanol–water partition coefficient (Wildman–Crippen LogP) is 2.49. The Bertz CT molecular complexity index is 436. The molecule has 0 aliphatic carbocycles. The van der Waals surface area contributed by atoms with E-state index in [1.165, 1.54) is 18.2 Å². The molecule has 1 aromatic rings. The molecule has 0 saturated heterocycles. The summed E-state index contributed by atoms with van der Waals surface area (Å²) in [6, 6.07) is 4.91. The molecule has 0 aliphatic heterocycles. The molecule has 7 heteroatoms. The van der Waals surface area contributed by atoms with Gasteiger partial charge in [0.1, 0.15) is 5.75 Å². The van der Waals surface area contributed by atoms with Crippen LogP contribution in [0.15, 0.2) is 29.2 Å². The molecule has 0 aliphatic rings. The van der Waals surface area contributed by atoms with E-state index in [2.05, 4.69) is 0 Å². The largest absolute Gasteiger partial charge is 0.508 e. The molecule has 0 spiro atoms. The van der Waals surface area contributed by atoms with Gasteiger partial charge in [-0.3, -0.25) is 0 Å². The first-order chi connectivity index (χ1) is 6.25. The molecule has 0 radical (unpaired) electrons. The normalized spacial score (nSPS) is 12.8. The minimum absolute atomic E-state index is 0.208. The summed E-state index contributed by atoms with van der Waals surface area (Å²) in [4.78, 5) is -0.238. The molecule has 0 atom stereocenters. The van der Waals surface area contributed by atoms with Crippen LogP contribution < -0.4 is 0 Å². The minimum atomic E-state index is -4.06. The maximum Gasteiger partial charge on any atom is 0.296 e. The second kappa shape index (κ2) is 3.77. The minimum Gasteiger partial charge on any atom is -0.508 e. The summed E-state index contributed by atoms with van der Waals surface area (Å²) >= 11 is 15.8. The lowest BCUT2D eigenvalue weighted by Gasteiger charge is -2.11. The molecule has 1 rings (SSSR count). The zero-order valence-electron chi connectivity index (χ0n) is 6.62. The number of benzene rings is 1. The molecule has 3 nitrogen and oxygen atoms in total. The SMILES string of the molecule is O=S(=O)(c1cccc(O)c1)C(Cl)(Cl)Cl. The Morgan fingerprint density at radius 2 is 1.79 bits per heavy atom. The number of aromatic hydroxyl groups is 1. The second-order valence-corrected chi connectivity index (χ2v) is 7.49. The Kier molecular flexibility index (Phi) is 3.21. The van der Waals surface area contributed by atoms with Crippen molar-refractivity contribution < 1.29 is 13.5 Å². The van der Waals surface area contributed by atoms with E-state index in [0.29, 0.717) is 0 Å². The fourth-order valence-corrected chi connectivity index (χ4v) is 2.39. The molecular formula is C7H5Cl3O3S. The lowest BCUT2D eigenvalue weighted by atomic mass is 10.3. The first-order valence-corrected chi connectivity index (χ1v) is 5.97. The van der Waals surface area contributed by atoms with Gasteiger partial charge in [-0.05, 0) is 18.2 Å². The van der Waals surface area contributed by atoms with Gasteiger partial charge >= 0.3 is 0 Å². The van der Waals surface area contributed by atoms with Gasteiger partial charge in [0.2, 0.25) is 9.84 Å². The first kappa shape index (κ1) is 11.9. The molecule has 0 amide bonds. The number of rotatable bonds is 1. The third kappa shape index (κ3) is 2.25. The Hall–Kier alpha value is -0.160. The lowest BCUT2D eigenvalue weighted by molar-refractivity contribution is 0.473. The fourth-order valence-electron chi connectivity index (χ4n) is 0.784. The molecule has 0 heterocycles. The van der Waals surface area contributed by atoms with Crippen molar-refractivity contribution in [3.63, 3.8) is 0 Å². The predicted molar refractivity (Wildman–Crippen MR) is 55.6 cm³/mol. The van der Waals surface area contributed by atoms with Crippen LogP contribution >= 0.6 is 34.8 Å². The Balaban J connectivity index is 3.32. The molecule has 0 aromatic heterocycles. The topological polar surface area (TPSA) is 54.4 Å². The zero-order valence-corrected chi connectivity index (χ0v) is 9.70. The van der Waals surface area contributed by atoms with E-state index in [9.17, 15) is 8.42 Å². The highest BCUT2D eigenvalue weighted by atomic mass is 35.6. The van der Waals surface area contributed by atoms with E-state index < -0.39 is 13.0 Å². The van der Waals surface area contributed by atoms with E-state index in [1.54, 1.807) is 0 Å². The smallest absolute Gasteiger partial charge is 0.296 e. The number of hydrogen-bond acceptors (Lipinski definition) is 3. The number of hydrogen-bond donors (Lipinski definition) is 1. The van der Waals surface area contributed by atoms with Crippen molar-refractivity contribution in [2.45, 2.75) is 8.02 Å². The van der Waals surface area contributed by atoms with Crippen molar-refractivity contribution in [3.05, 3.63) is 24.3 Å². The molecule has 1 aromatic carbocycles. The van der Waals surface area contributed by atoms with Crippen LogP contribution in [0.2, 0.25) is 0 Å². The van der Waals surface area contributed by atoms with Gasteiger partial charge in [-0.15, -0.1) is 0 Å². The molecule has 0 unspecified atom stereocenters. The summed E-state index contributed by atoms with van der Waals surface area (Å²) in [5.41, 5.74) is 0. The van der Waals surface area contributed by atoms with E-state index >= 15 is 0 Å². The van der Waals surface area contributed by atoms with Crippen LogP contribution in [0, 0.1) is 0 Å². The number of phenols is 1. The van der Waals surface area contributed by atoms with Crippen molar-refractivity contribution in [2.24, 2.45) is 0 Å². The second-order valence-electron chi connectivity index (χ2n) is 2.45. The highest BCUT2D eigenvalue weighted by molar-refractivity contribution is 7.97. The number of phenolic OH excluding ortho intramolecular Hbond substituents is 1. The van der Waals surface area contributed by atoms with Crippen LogP contribution in [0.25, 0.3) is 0 Å². The third-order valence-electron chi connectivity index (χ3n) is 1.43. The Morgan fingerprint density at radius 3 is 2.21 bits per heavy atom. The summed E-state index contributed by atoms with van der Waals surface area (Å²) in [6.45, 7) is 0. The number of halogens is 3. The van der Waals surface area contributed by atoms with Crippen LogP contribution in [0.1, 0.15) is 0 Å². The van der Waals surface area contributed by atoms with Crippen molar-refractivity contribution in [3.8, 4) is 5.75 Å². The quantitative estimate of drug-likeness (QED) is 0.801. The van der Waals surface area contributed by atoms with Crippen LogP contribution in [-0.4, -0.2) is 16.6 Å². The van der Waals surface area contributed by atoms with E-state index in [-0.39, 0.29) is 10.6 Å². The van der Waals surface area contributed by atoms with Crippen LogP contribution in [0.5, 0.6) is 5.75 Å². The number of alkyl halides is 3. The summed E-state index contributed by atoms with van der Waals surface area (Å²) in [5, 5.41) is 9.05. The van der Waals surface area contributed by atoms with Crippen LogP contribution in [0.3, 0.4) is 0 Å². The molecular weight excluding hydrogens is 270 g/mol. The summed E-state index contributed by atoms with van der Waals surface area (Å²) in [7, 11) is -4.06. The first-order valence-electron chi connectivity index (χ1n) is 3.35. The highest BCUT2D eigenvalue weighted by Crippen LogP contribution is 2.38. The van der Waals surface area contributed by atoms with Gasteiger partial charge in [0, 0.05) is 0 Å². The van der Waals surface area contributed by atoms with Gasteiger partial charge in [0.05, 0.1) is 4.90 Å². The highest BCUT2D eigenvalue weighted by Gasteiger charge is 2.39. The van der Waals surface area contributed by atoms with Gasteiger partial charge in [0.15, 0.2) is 0 Å². The monoisotopic (exact) mass is 274 g/mol. The van der Waals surface area contributed by atoms with Gasteiger partial charge in [-0.2, -0.15) is 0 Å². The van der Waals surface area contributed by atoms with Gasteiger partial charge in [0.25, 0.3) is 3.12 Å². The Labute approximate surface area is 96.1 Å². The molecule has 0 bridgehead atoms. The maximum absolute atomic E-state index is 11.5. The third-order valence-corrected chi connectivity index (χ3v) is 4.74. The van der Waals surface area contributed by atoms with Gasteiger partial charge in [-0.1, -0.05) is 40.9 Å². The van der Waals surface area contributed by atoms with Crippen LogP contribution in [0.4, 0.5) is 0 Å². The van der Waals surface area contributed by atoms with Crippen molar-refractivity contribution in [1.29, 1.82) is 0 Å². The average Bonchev–Trinajstić information content (AvgIpc) is 2.02.